The molecule has 0 heterocycles. The first-order valence-corrected chi connectivity index (χ1v) is 21.3. The van der Waals surface area contributed by atoms with Crippen LogP contribution in [0.1, 0.15) is 249 Å². The summed E-state index contributed by atoms with van der Waals surface area (Å²) in [4.78, 5) is 0. The Labute approximate surface area is 286 Å². The van der Waals surface area contributed by atoms with Crippen molar-refractivity contribution < 1.29 is 0 Å². The van der Waals surface area contributed by atoms with Gasteiger partial charge in [-0.1, -0.05) is 226 Å². The molecule has 0 nitrogen and oxygen atoms in total. The van der Waals surface area contributed by atoms with E-state index in [1.807, 2.05) is 0 Å². The van der Waals surface area contributed by atoms with Gasteiger partial charge in [0.25, 0.3) is 0 Å². The lowest BCUT2D eigenvalue weighted by molar-refractivity contribution is 0.545. The van der Waals surface area contributed by atoms with Crippen molar-refractivity contribution >= 4 is 0 Å². The second kappa shape index (κ2) is 34.6. The molecule has 0 saturated heterocycles. The highest BCUT2D eigenvalue weighted by molar-refractivity contribution is 5.35. The van der Waals surface area contributed by atoms with E-state index in [0.29, 0.717) is 0 Å². The molecule has 1 aromatic rings. The molecule has 0 aliphatic heterocycles. The Balaban J connectivity index is 2.39. The summed E-state index contributed by atoms with van der Waals surface area (Å²) in [6.45, 7) is 6.95. The van der Waals surface area contributed by atoms with Gasteiger partial charge < -0.3 is 0 Å². The third-order valence-electron chi connectivity index (χ3n) is 10.4. The van der Waals surface area contributed by atoms with E-state index in [-0.39, 0.29) is 0 Å². The van der Waals surface area contributed by atoms with E-state index < -0.39 is 0 Å². The second-order valence-corrected chi connectivity index (χ2v) is 14.8. The predicted molar refractivity (Wildman–Crippen MR) is 206 cm³/mol. The Morgan fingerprint density at radius 1 is 0.289 bits per heavy atom. The number of hydrogen-bond donors (Lipinski definition) is 0. The Morgan fingerprint density at radius 2 is 0.511 bits per heavy atom. The first-order valence-electron chi connectivity index (χ1n) is 21.3. The van der Waals surface area contributed by atoms with Gasteiger partial charge in [0.05, 0.1) is 0 Å². The second-order valence-electron chi connectivity index (χ2n) is 14.8. The summed E-state index contributed by atoms with van der Waals surface area (Å²) in [5.41, 5.74) is 5.04. The predicted octanol–water partition coefficient (Wildman–Crippen LogP) is 16.0. The van der Waals surface area contributed by atoms with Crippen molar-refractivity contribution in [3.8, 4) is 0 Å². The maximum Gasteiger partial charge on any atom is -0.0178 e. The smallest absolute Gasteiger partial charge is 0.0178 e. The van der Waals surface area contributed by atoms with Gasteiger partial charge in [-0.25, -0.2) is 0 Å². The quantitative estimate of drug-likeness (QED) is 0.0652. The zero-order valence-corrected chi connectivity index (χ0v) is 31.6. The number of rotatable bonds is 36. The van der Waals surface area contributed by atoms with Crippen LogP contribution in [0.4, 0.5) is 0 Å². The fourth-order valence-corrected chi connectivity index (χ4v) is 7.32. The molecule has 0 spiro atoms. The minimum Gasteiger partial charge on any atom is -0.0654 e. The fraction of sp³-hybridized carbons (Fsp3) is 0.867. The van der Waals surface area contributed by atoms with E-state index in [4.69, 9.17) is 0 Å². The van der Waals surface area contributed by atoms with Crippen LogP contribution in [0.15, 0.2) is 12.1 Å². The fourth-order valence-electron chi connectivity index (χ4n) is 7.32. The van der Waals surface area contributed by atoms with E-state index in [2.05, 4.69) is 39.0 Å². The molecule has 0 saturated carbocycles. The summed E-state index contributed by atoms with van der Waals surface area (Å²) in [6, 6.07) is 8.33. The van der Waals surface area contributed by atoms with Crippen LogP contribution in [0.2, 0.25) is 0 Å². The van der Waals surface area contributed by atoms with Crippen LogP contribution in [-0.2, 0) is 19.3 Å². The molecule has 0 aromatic heterocycles. The Bertz CT molecular complexity index is 658. The first kappa shape index (κ1) is 42.2. The van der Waals surface area contributed by atoms with Crippen molar-refractivity contribution in [1.82, 2.24) is 0 Å². The molecule has 0 N–H and O–H groups in total. The van der Waals surface area contributed by atoms with E-state index in [0.717, 1.165) is 0 Å². The van der Waals surface area contributed by atoms with Crippen molar-refractivity contribution in [2.45, 2.75) is 252 Å². The van der Waals surface area contributed by atoms with Crippen molar-refractivity contribution in [2.75, 3.05) is 0 Å². The molecule has 0 unspecified atom stereocenters. The molecule has 45 heavy (non-hydrogen) atoms. The normalized spacial score (nSPS) is 11.5. The Hall–Kier alpha value is -0.780. The molecule has 0 amide bonds. The third kappa shape index (κ3) is 26.9. The molecule has 1 aromatic carbocycles. The molecule has 0 aliphatic carbocycles. The summed E-state index contributed by atoms with van der Waals surface area (Å²) in [5.74, 6) is 0. The molecule has 1 rings (SSSR count). The standard InChI is InChI=1S/C45H83/c1-4-7-10-13-16-19-22-25-28-31-34-38-43-40-37-41-44(39-35-32-29-26-23-20-17-14-11-8-5-2)45(43)42-36-33-30-27-24-21-18-15-12-9-6-3/h40-41H,4-36,38-39,42H2,1-3H3. The Morgan fingerprint density at radius 3 is 0.778 bits per heavy atom. The van der Waals surface area contributed by atoms with Crippen LogP contribution in [0.5, 0.6) is 0 Å². The summed E-state index contributed by atoms with van der Waals surface area (Å²) in [5, 5.41) is 0. The van der Waals surface area contributed by atoms with Crippen LogP contribution in [-0.4, -0.2) is 0 Å². The van der Waals surface area contributed by atoms with Crippen LogP contribution in [0.25, 0.3) is 0 Å². The molecule has 0 atom stereocenters. The minimum atomic E-state index is 1.28. The molecular weight excluding hydrogens is 540 g/mol. The summed E-state index contributed by atoms with van der Waals surface area (Å²) in [6.07, 6.45) is 51.2. The maximum absolute atomic E-state index is 3.59. The minimum absolute atomic E-state index is 1.28. The number of benzene rings is 1. The molecule has 263 valence electrons. The van der Waals surface area contributed by atoms with Gasteiger partial charge in [-0.15, -0.1) is 0 Å². The largest absolute Gasteiger partial charge is 0.0654 e. The Kier molecular flexibility index (Phi) is 32.4. The topological polar surface area (TPSA) is 0 Å². The average molecular weight is 624 g/mol. The molecule has 1 radical (unpaired) electrons. The van der Waals surface area contributed by atoms with Gasteiger partial charge in [0.15, 0.2) is 0 Å². The van der Waals surface area contributed by atoms with Gasteiger partial charge in [0.2, 0.25) is 0 Å². The van der Waals surface area contributed by atoms with Crippen LogP contribution in [0.3, 0.4) is 0 Å². The number of aryl methyl sites for hydroxylation is 2. The SMILES string of the molecule is CCCCCCCCCCCCCc1c[c]cc(CCCCCCCCCCCCC)c1CCCCCCCCCCCCC. The molecule has 0 fully saturated rings. The van der Waals surface area contributed by atoms with Crippen molar-refractivity contribution in [1.29, 1.82) is 0 Å². The van der Waals surface area contributed by atoms with Gasteiger partial charge >= 0.3 is 0 Å². The lowest BCUT2D eigenvalue weighted by Gasteiger charge is -2.15. The van der Waals surface area contributed by atoms with Crippen molar-refractivity contribution in [2.24, 2.45) is 0 Å². The highest BCUT2D eigenvalue weighted by atomic mass is 14.1. The third-order valence-corrected chi connectivity index (χ3v) is 10.4. The average Bonchev–Trinajstić information content (AvgIpc) is 3.05. The van der Waals surface area contributed by atoms with E-state index >= 15 is 0 Å². The van der Waals surface area contributed by atoms with Gasteiger partial charge in [-0.3, -0.25) is 0 Å². The zero-order chi connectivity index (χ0) is 32.3. The lowest BCUT2D eigenvalue weighted by atomic mass is 9.90. The molecule has 0 bridgehead atoms. The van der Waals surface area contributed by atoms with Crippen molar-refractivity contribution in [3.05, 3.63) is 34.9 Å². The summed E-state index contributed by atoms with van der Waals surface area (Å²) in [7, 11) is 0. The van der Waals surface area contributed by atoms with Gasteiger partial charge in [0.1, 0.15) is 0 Å². The highest BCUT2D eigenvalue weighted by Gasteiger charge is 2.09. The number of hydrogen-bond acceptors (Lipinski definition) is 0. The number of unbranched alkanes of at least 4 members (excludes halogenated alkanes) is 30. The molecule has 0 aliphatic rings. The lowest BCUT2D eigenvalue weighted by Crippen LogP contribution is -2.02. The van der Waals surface area contributed by atoms with Crippen LogP contribution in [0, 0.1) is 6.07 Å². The summed E-state index contributed by atoms with van der Waals surface area (Å²) >= 11 is 0. The van der Waals surface area contributed by atoms with E-state index in [9.17, 15) is 0 Å². The maximum atomic E-state index is 3.59. The molecule has 0 heteroatoms. The summed E-state index contributed by atoms with van der Waals surface area (Å²) < 4.78 is 0. The first-order chi connectivity index (χ1) is 22.3. The van der Waals surface area contributed by atoms with E-state index in [1.54, 1.807) is 16.7 Å². The monoisotopic (exact) mass is 624 g/mol. The van der Waals surface area contributed by atoms with Gasteiger partial charge in [-0.2, -0.15) is 0 Å². The van der Waals surface area contributed by atoms with E-state index in [1.165, 1.54) is 231 Å². The molecular formula is C45H83. The highest BCUT2D eigenvalue weighted by Crippen LogP contribution is 2.24. The zero-order valence-electron chi connectivity index (χ0n) is 31.6. The van der Waals surface area contributed by atoms with Crippen LogP contribution >= 0.6 is 0 Å². The van der Waals surface area contributed by atoms with Crippen LogP contribution < -0.4 is 0 Å². The van der Waals surface area contributed by atoms with Gasteiger partial charge in [-0.05, 0) is 61.3 Å². The van der Waals surface area contributed by atoms with Gasteiger partial charge in [0, 0.05) is 0 Å². The van der Waals surface area contributed by atoms with Crippen molar-refractivity contribution in [3.63, 3.8) is 0 Å².